The number of rotatable bonds is 3. The number of nitro groups is 1. The summed E-state index contributed by atoms with van der Waals surface area (Å²) < 4.78 is 13.3. The first-order chi connectivity index (χ1) is 8.97. The molecule has 98 valence electrons. The lowest BCUT2D eigenvalue weighted by Gasteiger charge is -2.11. The van der Waals surface area contributed by atoms with Crippen molar-refractivity contribution in [2.24, 2.45) is 0 Å². The lowest BCUT2D eigenvalue weighted by Crippen LogP contribution is -1.97. The Bertz CT molecular complexity index is 626. The van der Waals surface area contributed by atoms with Gasteiger partial charge in [0, 0.05) is 11.8 Å². The number of benzene rings is 2. The van der Waals surface area contributed by atoms with Crippen LogP contribution in [-0.2, 0) is 0 Å². The third kappa shape index (κ3) is 3.00. The number of anilines is 2. The first-order valence-corrected chi connectivity index (χ1v) is 5.82. The Labute approximate surface area is 114 Å². The number of para-hydroxylation sites is 1. The van der Waals surface area contributed by atoms with E-state index in [4.69, 9.17) is 11.6 Å². The molecule has 4 nitrogen and oxygen atoms in total. The number of nitrogens with zero attached hydrogens (tertiary/aromatic N) is 1. The van der Waals surface area contributed by atoms with Crippen molar-refractivity contribution in [1.82, 2.24) is 0 Å². The minimum absolute atomic E-state index is 0.280. The predicted octanol–water partition coefficient (Wildman–Crippen LogP) is 4.44. The minimum Gasteiger partial charge on any atom is -0.354 e. The van der Waals surface area contributed by atoms with Crippen molar-refractivity contribution in [3.8, 4) is 0 Å². The van der Waals surface area contributed by atoms with Gasteiger partial charge in [-0.1, -0.05) is 23.7 Å². The van der Waals surface area contributed by atoms with E-state index in [-0.39, 0.29) is 11.4 Å². The first-order valence-electron chi connectivity index (χ1n) is 5.44. The molecule has 0 aromatic heterocycles. The standard InChI is InChI=1S/C13H10ClFN2O2/c1-8-3-2-4-12(14)13(8)16-10-5-9(15)6-11(7-10)17(18)19/h2-7,16H,1H3. The second-order valence-electron chi connectivity index (χ2n) is 4.01. The predicted molar refractivity (Wildman–Crippen MR) is 72.5 cm³/mol. The van der Waals surface area contributed by atoms with Gasteiger partial charge in [0.05, 0.1) is 21.7 Å². The molecule has 2 rings (SSSR count). The monoisotopic (exact) mass is 280 g/mol. The second-order valence-corrected chi connectivity index (χ2v) is 4.42. The number of aryl methyl sites for hydroxylation is 1. The highest BCUT2D eigenvalue weighted by Crippen LogP contribution is 2.30. The maximum atomic E-state index is 13.3. The Morgan fingerprint density at radius 3 is 2.68 bits per heavy atom. The Hall–Kier alpha value is -2.14. The molecule has 2 aromatic rings. The Morgan fingerprint density at radius 2 is 2.05 bits per heavy atom. The van der Waals surface area contributed by atoms with E-state index in [9.17, 15) is 14.5 Å². The third-order valence-corrected chi connectivity index (χ3v) is 2.90. The van der Waals surface area contributed by atoms with Crippen molar-refractivity contribution in [3.05, 3.63) is 62.9 Å². The smallest absolute Gasteiger partial charge is 0.274 e. The summed E-state index contributed by atoms with van der Waals surface area (Å²) >= 11 is 6.03. The van der Waals surface area contributed by atoms with E-state index in [1.807, 2.05) is 13.0 Å². The van der Waals surface area contributed by atoms with Gasteiger partial charge < -0.3 is 5.32 Å². The Balaban J connectivity index is 2.41. The molecule has 0 aliphatic rings. The minimum atomic E-state index is -0.679. The van der Waals surface area contributed by atoms with Crippen molar-refractivity contribution in [1.29, 1.82) is 0 Å². The van der Waals surface area contributed by atoms with Gasteiger partial charge in [0.1, 0.15) is 5.82 Å². The zero-order valence-electron chi connectivity index (χ0n) is 9.98. The molecule has 0 unspecified atom stereocenters. The summed E-state index contributed by atoms with van der Waals surface area (Å²) in [5.41, 5.74) is 1.43. The number of hydrogen-bond donors (Lipinski definition) is 1. The van der Waals surface area contributed by atoms with Gasteiger partial charge in [-0.2, -0.15) is 0 Å². The molecule has 0 saturated heterocycles. The van der Waals surface area contributed by atoms with Gasteiger partial charge in [0.2, 0.25) is 0 Å². The lowest BCUT2D eigenvalue weighted by atomic mass is 10.2. The molecule has 0 aliphatic carbocycles. The quantitative estimate of drug-likeness (QED) is 0.668. The molecule has 0 aliphatic heterocycles. The van der Waals surface area contributed by atoms with Crippen LogP contribution in [0.2, 0.25) is 5.02 Å². The fraction of sp³-hybridized carbons (Fsp3) is 0.0769. The molecule has 0 amide bonds. The summed E-state index contributed by atoms with van der Waals surface area (Å²) in [5, 5.41) is 14.0. The molecule has 1 N–H and O–H groups in total. The van der Waals surface area contributed by atoms with Crippen LogP contribution in [0.15, 0.2) is 36.4 Å². The van der Waals surface area contributed by atoms with Crippen molar-refractivity contribution in [3.63, 3.8) is 0 Å². The van der Waals surface area contributed by atoms with E-state index in [0.29, 0.717) is 10.7 Å². The summed E-state index contributed by atoms with van der Waals surface area (Å²) in [6, 6.07) is 8.61. The van der Waals surface area contributed by atoms with E-state index < -0.39 is 10.7 Å². The summed E-state index contributed by atoms with van der Waals surface area (Å²) in [7, 11) is 0. The lowest BCUT2D eigenvalue weighted by molar-refractivity contribution is -0.385. The van der Waals surface area contributed by atoms with Crippen LogP contribution in [0.25, 0.3) is 0 Å². The summed E-state index contributed by atoms with van der Waals surface area (Å²) in [6.07, 6.45) is 0. The van der Waals surface area contributed by atoms with Crippen LogP contribution in [0.1, 0.15) is 5.56 Å². The second kappa shape index (κ2) is 5.24. The fourth-order valence-corrected chi connectivity index (χ4v) is 1.96. The number of nitro benzene ring substituents is 1. The Morgan fingerprint density at radius 1 is 1.32 bits per heavy atom. The van der Waals surface area contributed by atoms with Crippen LogP contribution in [0.4, 0.5) is 21.5 Å². The van der Waals surface area contributed by atoms with Crippen LogP contribution in [0, 0.1) is 22.9 Å². The highest BCUT2D eigenvalue weighted by Gasteiger charge is 2.11. The molecule has 0 spiro atoms. The van der Waals surface area contributed by atoms with Crippen LogP contribution < -0.4 is 5.32 Å². The van der Waals surface area contributed by atoms with Crippen LogP contribution in [0.3, 0.4) is 0 Å². The number of halogens is 2. The highest BCUT2D eigenvalue weighted by molar-refractivity contribution is 6.33. The van der Waals surface area contributed by atoms with E-state index in [1.165, 1.54) is 12.1 Å². The summed E-state index contributed by atoms with van der Waals surface area (Å²) in [5.74, 6) is -0.679. The van der Waals surface area contributed by atoms with Crippen molar-refractivity contribution >= 4 is 28.7 Å². The first kappa shape index (κ1) is 13.3. The molecule has 0 heterocycles. The molecule has 2 aromatic carbocycles. The van der Waals surface area contributed by atoms with E-state index >= 15 is 0 Å². The maximum Gasteiger partial charge on any atom is 0.274 e. The van der Waals surface area contributed by atoms with E-state index in [0.717, 1.165) is 11.6 Å². The number of non-ortho nitro benzene ring substituents is 1. The summed E-state index contributed by atoms with van der Waals surface area (Å²) in [4.78, 5) is 10.0. The van der Waals surface area contributed by atoms with Gasteiger partial charge in [-0.3, -0.25) is 10.1 Å². The molecule has 0 saturated carbocycles. The van der Waals surface area contributed by atoms with E-state index in [2.05, 4.69) is 5.32 Å². The molecule has 19 heavy (non-hydrogen) atoms. The fourth-order valence-electron chi connectivity index (χ4n) is 1.69. The average Bonchev–Trinajstić information content (AvgIpc) is 2.33. The van der Waals surface area contributed by atoms with Gasteiger partial charge in [-0.15, -0.1) is 0 Å². The van der Waals surface area contributed by atoms with Crippen molar-refractivity contribution in [2.75, 3.05) is 5.32 Å². The molecule has 0 atom stereocenters. The van der Waals surface area contributed by atoms with Crippen molar-refractivity contribution in [2.45, 2.75) is 6.92 Å². The zero-order valence-corrected chi connectivity index (χ0v) is 10.7. The van der Waals surface area contributed by atoms with Crippen LogP contribution in [-0.4, -0.2) is 4.92 Å². The van der Waals surface area contributed by atoms with Gasteiger partial charge in [-0.05, 0) is 24.6 Å². The van der Waals surface area contributed by atoms with Crippen LogP contribution >= 0.6 is 11.6 Å². The van der Waals surface area contributed by atoms with E-state index in [1.54, 1.807) is 12.1 Å². The summed E-state index contributed by atoms with van der Waals surface area (Å²) in [6.45, 7) is 1.84. The van der Waals surface area contributed by atoms with Crippen LogP contribution in [0.5, 0.6) is 0 Å². The Kier molecular flexibility index (Phi) is 3.66. The average molecular weight is 281 g/mol. The number of hydrogen-bond acceptors (Lipinski definition) is 3. The molecular weight excluding hydrogens is 271 g/mol. The molecule has 0 radical (unpaired) electrons. The largest absolute Gasteiger partial charge is 0.354 e. The molecular formula is C13H10ClFN2O2. The zero-order chi connectivity index (χ0) is 14.0. The van der Waals surface area contributed by atoms with Crippen molar-refractivity contribution < 1.29 is 9.31 Å². The third-order valence-electron chi connectivity index (χ3n) is 2.58. The topological polar surface area (TPSA) is 55.2 Å². The SMILES string of the molecule is Cc1cccc(Cl)c1Nc1cc(F)cc([N+](=O)[O-])c1. The van der Waals surface area contributed by atoms with Gasteiger partial charge >= 0.3 is 0 Å². The normalized spacial score (nSPS) is 10.3. The van der Waals surface area contributed by atoms with Gasteiger partial charge in [0.25, 0.3) is 5.69 Å². The number of nitrogens with one attached hydrogen (secondary N) is 1. The maximum absolute atomic E-state index is 13.3. The van der Waals surface area contributed by atoms with Gasteiger partial charge in [-0.25, -0.2) is 4.39 Å². The molecule has 0 bridgehead atoms. The molecule has 0 fully saturated rings. The molecule has 6 heteroatoms. The van der Waals surface area contributed by atoms with Gasteiger partial charge in [0.15, 0.2) is 0 Å². The highest BCUT2D eigenvalue weighted by atomic mass is 35.5.